The number of hydrogen-bond donors (Lipinski definition) is 1. The minimum Gasteiger partial charge on any atom is -0.493 e. The molecular weight excluding hydrogens is 269 g/mol. The van der Waals surface area contributed by atoms with Crippen molar-refractivity contribution in [2.75, 3.05) is 7.11 Å². The van der Waals surface area contributed by atoms with E-state index in [1.807, 2.05) is 24.3 Å². The van der Waals surface area contributed by atoms with Crippen LogP contribution in [0.4, 0.5) is 4.39 Å². The summed E-state index contributed by atoms with van der Waals surface area (Å²) in [6.07, 6.45) is 0.931. The number of hydrogen-bond acceptors (Lipinski definition) is 3. The van der Waals surface area contributed by atoms with Crippen LogP contribution in [0, 0.1) is 5.82 Å². The highest BCUT2D eigenvalue weighted by atomic mass is 19.1. The van der Waals surface area contributed by atoms with Crippen LogP contribution in [0.1, 0.15) is 23.6 Å². The molecule has 0 aromatic heterocycles. The number of rotatable bonds is 6. The Morgan fingerprint density at radius 1 is 1.00 bits per heavy atom. The zero-order chi connectivity index (χ0) is 15.2. The normalized spacial score (nSPS) is 10.5. The van der Waals surface area contributed by atoms with Gasteiger partial charge in [-0.25, -0.2) is 4.39 Å². The van der Waals surface area contributed by atoms with Gasteiger partial charge in [0.15, 0.2) is 11.5 Å². The van der Waals surface area contributed by atoms with Crippen molar-refractivity contribution in [2.45, 2.75) is 26.5 Å². The van der Waals surface area contributed by atoms with Gasteiger partial charge < -0.3 is 15.2 Å². The molecular formula is C17H20FNO2. The minimum atomic E-state index is -0.301. The third-order valence-electron chi connectivity index (χ3n) is 3.28. The second-order valence-electron chi connectivity index (χ2n) is 4.80. The van der Waals surface area contributed by atoms with Gasteiger partial charge in [-0.15, -0.1) is 0 Å². The Kier molecular flexibility index (Phi) is 5.17. The van der Waals surface area contributed by atoms with Gasteiger partial charge in [-0.2, -0.15) is 0 Å². The first kappa shape index (κ1) is 15.3. The van der Waals surface area contributed by atoms with Gasteiger partial charge >= 0.3 is 0 Å². The molecule has 2 rings (SSSR count). The Morgan fingerprint density at radius 2 is 1.76 bits per heavy atom. The molecule has 0 heterocycles. The van der Waals surface area contributed by atoms with Crippen molar-refractivity contribution < 1.29 is 13.9 Å². The molecule has 0 aliphatic heterocycles. The van der Waals surface area contributed by atoms with E-state index >= 15 is 0 Å². The molecule has 0 saturated carbocycles. The Labute approximate surface area is 124 Å². The van der Waals surface area contributed by atoms with E-state index in [1.54, 1.807) is 7.11 Å². The predicted molar refractivity (Wildman–Crippen MR) is 81.0 cm³/mol. The van der Waals surface area contributed by atoms with Gasteiger partial charge in [-0.3, -0.25) is 0 Å². The average Bonchev–Trinajstić information content (AvgIpc) is 2.52. The lowest BCUT2D eigenvalue weighted by atomic mass is 10.1. The molecule has 4 heteroatoms. The van der Waals surface area contributed by atoms with E-state index in [0.717, 1.165) is 17.5 Å². The molecule has 0 radical (unpaired) electrons. The van der Waals surface area contributed by atoms with Gasteiger partial charge in [0, 0.05) is 6.54 Å². The molecule has 0 unspecified atom stereocenters. The zero-order valence-electron chi connectivity index (χ0n) is 12.4. The summed E-state index contributed by atoms with van der Waals surface area (Å²) < 4.78 is 24.5. The van der Waals surface area contributed by atoms with Crippen molar-refractivity contribution >= 4 is 0 Å². The molecule has 0 bridgehead atoms. The van der Waals surface area contributed by atoms with E-state index in [2.05, 4.69) is 6.92 Å². The summed E-state index contributed by atoms with van der Waals surface area (Å²) in [6.45, 7) is 2.66. The molecule has 2 aromatic rings. The third-order valence-corrected chi connectivity index (χ3v) is 3.28. The van der Waals surface area contributed by atoms with Crippen molar-refractivity contribution in [1.82, 2.24) is 0 Å². The van der Waals surface area contributed by atoms with Crippen LogP contribution < -0.4 is 15.2 Å². The minimum absolute atomic E-state index is 0.270. The molecule has 0 aliphatic carbocycles. The lowest BCUT2D eigenvalue weighted by molar-refractivity contribution is 0.284. The summed E-state index contributed by atoms with van der Waals surface area (Å²) in [6, 6.07) is 10.5. The maximum Gasteiger partial charge on any atom is 0.161 e. The molecule has 21 heavy (non-hydrogen) atoms. The molecule has 2 N–H and O–H groups in total. The van der Waals surface area contributed by atoms with E-state index in [4.69, 9.17) is 15.2 Å². The highest BCUT2D eigenvalue weighted by molar-refractivity contribution is 5.43. The lowest BCUT2D eigenvalue weighted by Gasteiger charge is -2.12. The van der Waals surface area contributed by atoms with Gasteiger partial charge in [0.05, 0.1) is 7.11 Å². The topological polar surface area (TPSA) is 44.5 Å². The first-order chi connectivity index (χ1) is 10.2. The predicted octanol–water partition coefficient (Wildman–Crippen LogP) is 3.43. The van der Waals surface area contributed by atoms with Gasteiger partial charge in [-0.05, 0) is 47.4 Å². The first-order valence-corrected chi connectivity index (χ1v) is 6.94. The molecule has 0 amide bonds. The first-order valence-electron chi connectivity index (χ1n) is 6.94. The van der Waals surface area contributed by atoms with E-state index < -0.39 is 0 Å². The van der Waals surface area contributed by atoms with Crippen LogP contribution in [0.25, 0.3) is 0 Å². The maximum absolute atomic E-state index is 13.4. The Bertz CT molecular complexity index is 614. The van der Waals surface area contributed by atoms with Gasteiger partial charge in [-0.1, -0.05) is 19.1 Å². The summed E-state index contributed by atoms with van der Waals surface area (Å²) in [5.74, 6) is 1.03. The van der Waals surface area contributed by atoms with E-state index in [0.29, 0.717) is 18.0 Å². The molecule has 112 valence electrons. The summed E-state index contributed by atoms with van der Waals surface area (Å²) in [7, 11) is 1.61. The van der Waals surface area contributed by atoms with Crippen molar-refractivity contribution in [3.63, 3.8) is 0 Å². The fourth-order valence-corrected chi connectivity index (χ4v) is 2.13. The van der Waals surface area contributed by atoms with E-state index in [9.17, 15) is 4.39 Å². The maximum atomic E-state index is 13.4. The van der Waals surface area contributed by atoms with Gasteiger partial charge in [0.1, 0.15) is 12.4 Å². The Hall–Kier alpha value is -2.07. The second kappa shape index (κ2) is 7.09. The van der Waals surface area contributed by atoms with Crippen molar-refractivity contribution in [3.05, 3.63) is 58.9 Å². The van der Waals surface area contributed by atoms with Crippen molar-refractivity contribution in [2.24, 2.45) is 5.73 Å². The van der Waals surface area contributed by atoms with Crippen molar-refractivity contribution in [3.8, 4) is 11.5 Å². The number of aryl methyl sites for hydroxylation is 1. The fourth-order valence-electron chi connectivity index (χ4n) is 2.13. The fraction of sp³-hybridized carbons (Fsp3) is 0.294. The Balaban J connectivity index is 2.14. The quantitative estimate of drug-likeness (QED) is 0.886. The van der Waals surface area contributed by atoms with Crippen LogP contribution in [0.5, 0.6) is 11.5 Å². The number of benzene rings is 2. The summed E-state index contributed by atoms with van der Waals surface area (Å²) >= 11 is 0. The molecule has 0 fully saturated rings. The highest BCUT2D eigenvalue weighted by Crippen LogP contribution is 2.29. The number of methoxy groups -OCH3 is 1. The Morgan fingerprint density at radius 3 is 2.43 bits per heavy atom. The monoisotopic (exact) mass is 289 g/mol. The molecule has 0 atom stereocenters. The SMILES string of the molecule is CCc1ccc(OCc2cc(F)cc(CN)c2)c(OC)c1. The zero-order valence-corrected chi connectivity index (χ0v) is 12.4. The molecule has 0 spiro atoms. The number of halogens is 1. The largest absolute Gasteiger partial charge is 0.493 e. The van der Waals surface area contributed by atoms with Crippen LogP contribution in [-0.2, 0) is 19.6 Å². The standard InChI is InChI=1S/C17H20FNO2/c1-3-12-4-5-16(17(9-12)20-2)21-11-14-6-13(10-19)7-15(18)8-14/h4-9H,3,10-11,19H2,1-2H3. The molecule has 3 nitrogen and oxygen atoms in total. The number of ether oxygens (including phenoxy) is 2. The van der Waals surface area contributed by atoms with Crippen LogP contribution in [0.2, 0.25) is 0 Å². The lowest BCUT2D eigenvalue weighted by Crippen LogP contribution is -2.02. The van der Waals surface area contributed by atoms with Crippen LogP contribution in [0.15, 0.2) is 36.4 Å². The van der Waals surface area contributed by atoms with Crippen LogP contribution in [-0.4, -0.2) is 7.11 Å². The average molecular weight is 289 g/mol. The number of nitrogens with two attached hydrogens (primary N) is 1. The van der Waals surface area contributed by atoms with Crippen molar-refractivity contribution in [1.29, 1.82) is 0 Å². The summed E-state index contributed by atoms with van der Waals surface area (Å²) in [4.78, 5) is 0. The summed E-state index contributed by atoms with van der Waals surface area (Å²) in [5.41, 5.74) is 8.22. The van der Waals surface area contributed by atoms with E-state index in [1.165, 1.54) is 17.7 Å². The smallest absolute Gasteiger partial charge is 0.161 e. The molecule has 0 aliphatic rings. The summed E-state index contributed by atoms with van der Waals surface area (Å²) in [5, 5.41) is 0. The van der Waals surface area contributed by atoms with Gasteiger partial charge in [0.2, 0.25) is 0 Å². The van der Waals surface area contributed by atoms with E-state index in [-0.39, 0.29) is 12.4 Å². The molecule has 0 saturated heterocycles. The highest BCUT2D eigenvalue weighted by Gasteiger charge is 2.07. The van der Waals surface area contributed by atoms with Crippen LogP contribution >= 0.6 is 0 Å². The third kappa shape index (κ3) is 3.95. The second-order valence-corrected chi connectivity index (χ2v) is 4.80. The van der Waals surface area contributed by atoms with Gasteiger partial charge in [0.25, 0.3) is 0 Å². The molecule has 2 aromatic carbocycles. The van der Waals surface area contributed by atoms with Crippen LogP contribution in [0.3, 0.4) is 0 Å².